The van der Waals surface area contributed by atoms with Crippen LogP contribution in [0.1, 0.15) is 76.0 Å². The molecule has 0 saturated carbocycles. The summed E-state index contributed by atoms with van der Waals surface area (Å²) in [5, 5.41) is 1.07. The summed E-state index contributed by atoms with van der Waals surface area (Å²) >= 11 is 0. The van der Waals surface area contributed by atoms with Crippen molar-refractivity contribution in [3.8, 4) is 0 Å². The maximum atomic E-state index is 11.5. The van der Waals surface area contributed by atoms with E-state index in [0.717, 1.165) is 18.1 Å². The van der Waals surface area contributed by atoms with Crippen molar-refractivity contribution in [2.75, 3.05) is 0 Å². The van der Waals surface area contributed by atoms with Crippen molar-refractivity contribution >= 4 is 13.8 Å². The van der Waals surface area contributed by atoms with E-state index in [1.54, 1.807) is 0 Å². The Bertz CT molecular complexity index is 412. The van der Waals surface area contributed by atoms with Crippen LogP contribution in [0.15, 0.2) is 12.1 Å². The Morgan fingerprint density at radius 1 is 0.800 bits per heavy atom. The average Bonchev–Trinajstić information content (AvgIpc) is 2.48. The van der Waals surface area contributed by atoms with E-state index in [2.05, 4.69) is 32.9 Å². The van der Waals surface area contributed by atoms with Crippen LogP contribution in [0, 0.1) is 0 Å². The zero-order valence-corrected chi connectivity index (χ0v) is 14.4. The van der Waals surface area contributed by atoms with Crippen LogP contribution in [0.4, 0.5) is 0 Å². The fraction of sp³-hybridized carbons (Fsp3) is 0.667. The average molecular weight is 293 g/mol. The van der Waals surface area contributed by atoms with E-state index in [9.17, 15) is 4.57 Å². The minimum Gasteiger partial charge on any atom is -0.0707 e. The first-order valence-electron chi connectivity index (χ1n) is 8.30. The van der Waals surface area contributed by atoms with Crippen molar-refractivity contribution in [3.63, 3.8) is 0 Å². The highest BCUT2D eigenvalue weighted by Crippen LogP contribution is 2.22. The van der Waals surface area contributed by atoms with Gasteiger partial charge in [-0.3, -0.25) is 0 Å². The molecule has 1 unspecified atom stereocenters. The molecule has 1 nitrogen and oxygen atoms in total. The maximum absolute atomic E-state index is 11.5. The van der Waals surface area contributed by atoms with Gasteiger partial charge in [-0.1, -0.05) is 50.7 Å². The molecule has 0 aliphatic rings. The minimum absolute atomic E-state index is 0.310. The molecule has 1 aromatic carbocycles. The molecule has 0 heterocycles. The predicted molar refractivity (Wildman–Crippen MR) is 90.9 cm³/mol. The van der Waals surface area contributed by atoms with Gasteiger partial charge in [-0.05, 0) is 55.7 Å². The number of benzene rings is 1. The Kier molecular flexibility index (Phi) is 8.78. The second-order valence-electron chi connectivity index (χ2n) is 5.64. The van der Waals surface area contributed by atoms with Crippen LogP contribution in [0.2, 0.25) is 0 Å². The number of aryl methyl sites for hydroxylation is 1. The molecule has 2 heteroatoms. The van der Waals surface area contributed by atoms with Crippen LogP contribution >= 0.6 is 8.46 Å². The van der Waals surface area contributed by atoms with Crippen LogP contribution < -0.4 is 5.30 Å². The van der Waals surface area contributed by atoms with Gasteiger partial charge in [0.1, 0.15) is 0 Å². The quantitative estimate of drug-likeness (QED) is 0.530. The van der Waals surface area contributed by atoms with Gasteiger partial charge in [0, 0.05) is 5.56 Å². The molecule has 0 N–H and O–H groups in total. The molecule has 1 rings (SSSR count). The standard InChI is InChI=1S/C18H29OP/c1-4-7-10-15-13-14-18(20-19)17(12-9-6-3)16(15)11-8-5-2/h13-14H,4-12H2,1-3H3/p+1. The third-order valence-corrected chi connectivity index (χ3v) is 4.69. The number of unbranched alkanes of at least 4 members (excludes halogenated alkanes) is 3. The van der Waals surface area contributed by atoms with Gasteiger partial charge in [-0.15, -0.1) is 0 Å². The first-order chi connectivity index (χ1) is 9.78. The number of rotatable bonds is 10. The second-order valence-corrected chi connectivity index (χ2v) is 6.38. The summed E-state index contributed by atoms with van der Waals surface area (Å²) in [4.78, 5) is 0. The summed E-state index contributed by atoms with van der Waals surface area (Å²) in [5.74, 6) is 0. The van der Waals surface area contributed by atoms with Gasteiger partial charge in [0.25, 0.3) is 0 Å². The fourth-order valence-corrected chi connectivity index (χ4v) is 3.29. The lowest BCUT2D eigenvalue weighted by Crippen LogP contribution is -2.11. The monoisotopic (exact) mass is 293 g/mol. The van der Waals surface area contributed by atoms with Crippen molar-refractivity contribution in [1.82, 2.24) is 0 Å². The first-order valence-corrected chi connectivity index (χ1v) is 9.21. The summed E-state index contributed by atoms with van der Waals surface area (Å²) < 4.78 is 11.5. The smallest absolute Gasteiger partial charge is 0.0707 e. The topological polar surface area (TPSA) is 17.1 Å². The molecule has 0 bridgehead atoms. The Morgan fingerprint density at radius 3 is 1.90 bits per heavy atom. The van der Waals surface area contributed by atoms with Crippen LogP contribution in [0.5, 0.6) is 0 Å². The molecule has 0 radical (unpaired) electrons. The highest BCUT2D eigenvalue weighted by atomic mass is 31.1. The molecular formula is C18H30OP+. The minimum atomic E-state index is -0.310. The van der Waals surface area contributed by atoms with Crippen molar-refractivity contribution < 1.29 is 4.57 Å². The lowest BCUT2D eigenvalue weighted by molar-refractivity contribution is 0.602. The molecule has 0 aliphatic heterocycles. The van der Waals surface area contributed by atoms with Crippen LogP contribution in [-0.2, 0) is 23.8 Å². The largest absolute Gasteiger partial charge is 0.363 e. The van der Waals surface area contributed by atoms with Gasteiger partial charge in [-0.2, -0.15) is 0 Å². The number of hydrogen-bond donors (Lipinski definition) is 0. The van der Waals surface area contributed by atoms with Gasteiger partial charge in [0.2, 0.25) is 0 Å². The predicted octanol–water partition coefficient (Wildman–Crippen LogP) is 5.36. The Labute approximate surface area is 126 Å². The molecule has 20 heavy (non-hydrogen) atoms. The van der Waals surface area contributed by atoms with Crippen LogP contribution in [-0.4, -0.2) is 0 Å². The molecule has 0 fully saturated rings. The molecule has 0 aromatic heterocycles. The zero-order valence-electron chi connectivity index (χ0n) is 13.4. The number of hydrogen-bond acceptors (Lipinski definition) is 1. The lowest BCUT2D eigenvalue weighted by Gasteiger charge is -2.14. The fourth-order valence-electron chi connectivity index (χ4n) is 2.74. The Hall–Kier alpha value is -0.680. The third kappa shape index (κ3) is 5.02. The summed E-state index contributed by atoms with van der Waals surface area (Å²) in [6, 6.07) is 4.34. The highest BCUT2D eigenvalue weighted by molar-refractivity contribution is 7.34. The summed E-state index contributed by atoms with van der Waals surface area (Å²) in [6.45, 7) is 6.72. The lowest BCUT2D eigenvalue weighted by atomic mass is 9.91. The van der Waals surface area contributed by atoms with E-state index >= 15 is 0 Å². The van der Waals surface area contributed by atoms with E-state index in [4.69, 9.17) is 0 Å². The highest BCUT2D eigenvalue weighted by Gasteiger charge is 2.16. The first kappa shape index (κ1) is 17.4. The van der Waals surface area contributed by atoms with E-state index in [1.807, 2.05) is 0 Å². The molecule has 112 valence electrons. The molecule has 1 aromatic rings. The zero-order chi connectivity index (χ0) is 14.8. The third-order valence-electron chi connectivity index (χ3n) is 4.00. The normalized spacial score (nSPS) is 11.2. The molecule has 0 saturated heterocycles. The summed E-state index contributed by atoms with van der Waals surface area (Å²) in [6.07, 6.45) is 10.8. The van der Waals surface area contributed by atoms with Gasteiger partial charge in [0.15, 0.2) is 5.30 Å². The summed E-state index contributed by atoms with van der Waals surface area (Å²) in [7, 11) is -0.310. The molecular weight excluding hydrogens is 263 g/mol. The van der Waals surface area contributed by atoms with Crippen molar-refractivity contribution in [1.29, 1.82) is 0 Å². The van der Waals surface area contributed by atoms with Crippen LogP contribution in [0.3, 0.4) is 0 Å². The summed E-state index contributed by atoms with van der Waals surface area (Å²) in [5.41, 5.74) is 4.44. The Morgan fingerprint density at radius 2 is 1.35 bits per heavy atom. The van der Waals surface area contributed by atoms with E-state index in [-0.39, 0.29) is 8.46 Å². The van der Waals surface area contributed by atoms with Crippen LogP contribution in [0.25, 0.3) is 0 Å². The van der Waals surface area contributed by atoms with E-state index < -0.39 is 0 Å². The van der Waals surface area contributed by atoms with E-state index in [0.29, 0.717) is 0 Å². The SMILES string of the molecule is CCCCc1ccc([PH+]=O)c(CCCC)c1CCCC. The van der Waals surface area contributed by atoms with Crippen molar-refractivity contribution in [2.24, 2.45) is 0 Å². The molecule has 0 aliphatic carbocycles. The van der Waals surface area contributed by atoms with Gasteiger partial charge in [-0.25, -0.2) is 0 Å². The van der Waals surface area contributed by atoms with Gasteiger partial charge in [0.05, 0.1) is 0 Å². The van der Waals surface area contributed by atoms with E-state index in [1.165, 1.54) is 61.6 Å². The van der Waals surface area contributed by atoms with Gasteiger partial charge < -0.3 is 0 Å². The van der Waals surface area contributed by atoms with Gasteiger partial charge >= 0.3 is 8.46 Å². The molecule has 0 amide bonds. The van der Waals surface area contributed by atoms with Crippen molar-refractivity contribution in [3.05, 3.63) is 28.8 Å². The Balaban J connectivity index is 3.12. The maximum Gasteiger partial charge on any atom is 0.363 e. The second kappa shape index (κ2) is 10.1. The molecule has 1 atom stereocenters. The van der Waals surface area contributed by atoms with Crippen molar-refractivity contribution in [2.45, 2.75) is 78.6 Å². The molecule has 0 spiro atoms.